The molecule has 2 nitrogen and oxygen atoms in total. The highest BCUT2D eigenvalue weighted by Crippen LogP contribution is 2.25. The van der Waals surface area contributed by atoms with Crippen molar-refractivity contribution in [3.8, 4) is 5.75 Å². The van der Waals surface area contributed by atoms with Gasteiger partial charge in [0.25, 0.3) is 0 Å². The average molecular weight is 265 g/mol. The van der Waals surface area contributed by atoms with Gasteiger partial charge in [0.15, 0.2) is 11.6 Å². The van der Waals surface area contributed by atoms with Crippen LogP contribution < -0.4 is 10.1 Å². The highest BCUT2D eigenvalue weighted by Gasteiger charge is 2.18. The molecule has 19 heavy (non-hydrogen) atoms. The van der Waals surface area contributed by atoms with Gasteiger partial charge in [0.2, 0.25) is 0 Å². The van der Waals surface area contributed by atoms with Crippen LogP contribution in [0.3, 0.4) is 0 Å². The summed E-state index contributed by atoms with van der Waals surface area (Å²) < 4.78 is 19.3. The zero-order valence-electron chi connectivity index (χ0n) is 12.1. The van der Waals surface area contributed by atoms with Gasteiger partial charge >= 0.3 is 0 Å². The van der Waals surface area contributed by atoms with E-state index in [-0.39, 0.29) is 18.0 Å². The van der Waals surface area contributed by atoms with E-state index in [9.17, 15) is 4.39 Å². The molecule has 1 saturated carbocycles. The third kappa shape index (κ3) is 3.93. The summed E-state index contributed by atoms with van der Waals surface area (Å²) in [6.07, 6.45) is 5.08. The lowest BCUT2D eigenvalue weighted by atomic mass is 10.1. The van der Waals surface area contributed by atoms with Crippen molar-refractivity contribution >= 4 is 0 Å². The van der Waals surface area contributed by atoms with E-state index < -0.39 is 0 Å². The summed E-state index contributed by atoms with van der Waals surface area (Å²) in [4.78, 5) is 0. The first-order valence-electron chi connectivity index (χ1n) is 7.28. The molecule has 0 saturated heterocycles. The number of benzene rings is 1. The summed E-state index contributed by atoms with van der Waals surface area (Å²) in [5.74, 6) is 0.0677. The minimum atomic E-state index is -0.272. The van der Waals surface area contributed by atoms with Crippen LogP contribution in [0.15, 0.2) is 18.2 Å². The number of hydrogen-bond acceptors (Lipinski definition) is 2. The second kappa shape index (κ2) is 6.38. The van der Waals surface area contributed by atoms with Crippen molar-refractivity contribution in [1.29, 1.82) is 0 Å². The molecule has 1 N–H and O–H groups in total. The monoisotopic (exact) mass is 265 g/mol. The van der Waals surface area contributed by atoms with Gasteiger partial charge in [-0.1, -0.05) is 18.9 Å². The van der Waals surface area contributed by atoms with Gasteiger partial charge in [-0.05, 0) is 51.3 Å². The number of halogens is 1. The Hall–Kier alpha value is -1.09. The van der Waals surface area contributed by atoms with Crippen LogP contribution in [0, 0.1) is 5.82 Å². The van der Waals surface area contributed by atoms with Gasteiger partial charge in [0.05, 0.1) is 6.10 Å². The molecule has 2 rings (SSSR count). The molecule has 1 aliphatic carbocycles. The molecular weight excluding hydrogens is 241 g/mol. The van der Waals surface area contributed by atoms with Crippen molar-refractivity contribution in [2.45, 2.75) is 64.6 Å². The Kier molecular flexibility index (Phi) is 4.81. The average Bonchev–Trinajstić information content (AvgIpc) is 2.84. The summed E-state index contributed by atoms with van der Waals surface area (Å²) in [5.41, 5.74) is 0.987. The zero-order valence-corrected chi connectivity index (χ0v) is 12.1. The lowest BCUT2D eigenvalue weighted by molar-refractivity contribution is 0.231. The maximum absolute atomic E-state index is 13.9. The van der Waals surface area contributed by atoms with Crippen LogP contribution >= 0.6 is 0 Å². The molecule has 0 spiro atoms. The Morgan fingerprint density at radius 2 is 1.89 bits per heavy atom. The number of hydrogen-bond donors (Lipinski definition) is 1. The molecule has 1 aromatic carbocycles. The van der Waals surface area contributed by atoms with Crippen LogP contribution in [0.2, 0.25) is 0 Å². The SMILES string of the molecule is CC(C)Oc1ccc([C@H](C)NC2CCCC2)cc1F. The maximum Gasteiger partial charge on any atom is 0.165 e. The van der Waals surface area contributed by atoms with Crippen molar-refractivity contribution < 1.29 is 9.13 Å². The zero-order chi connectivity index (χ0) is 13.8. The van der Waals surface area contributed by atoms with Gasteiger partial charge in [-0.25, -0.2) is 4.39 Å². The number of ether oxygens (including phenoxy) is 1. The Morgan fingerprint density at radius 3 is 2.47 bits per heavy atom. The van der Waals surface area contributed by atoms with Crippen molar-refractivity contribution in [3.05, 3.63) is 29.6 Å². The molecule has 0 unspecified atom stereocenters. The number of nitrogens with one attached hydrogen (secondary N) is 1. The van der Waals surface area contributed by atoms with Gasteiger partial charge in [0.1, 0.15) is 0 Å². The van der Waals surface area contributed by atoms with Gasteiger partial charge in [-0.3, -0.25) is 0 Å². The second-order valence-electron chi connectivity index (χ2n) is 5.73. The molecule has 1 aromatic rings. The van der Waals surface area contributed by atoms with Crippen LogP contribution in [0.1, 0.15) is 58.1 Å². The minimum absolute atomic E-state index is 0.00520. The molecular formula is C16H24FNO. The summed E-state index contributed by atoms with van der Waals surface area (Å²) in [6, 6.07) is 6.05. The molecule has 1 fully saturated rings. The molecule has 0 bridgehead atoms. The summed E-state index contributed by atoms with van der Waals surface area (Å²) >= 11 is 0. The van der Waals surface area contributed by atoms with Crippen LogP contribution in [-0.2, 0) is 0 Å². The van der Waals surface area contributed by atoms with Crippen LogP contribution in [-0.4, -0.2) is 12.1 Å². The van der Waals surface area contributed by atoms with Crippen LogP contribution in [0.5, 0.6) is 5.75 Å². The van der Waals surface area contributed by atoms with Gasteiger partial charge < -0.3 is 10.1 Å². The fraction of sp³-hybridized carbons (Fsp3) is 0.625. The van der Waals surface area contributed by atoms with Crippen molar-refractivity contribution in [3.63, 3.8) is 0 Å². The fourth-order valence-corrected chi connectivity index (χ4v) is 2.68. The van der Waals surface area contributed by atoms with E-state index in [1.165, 1.54) is 25.7 Å². The van der Waals surface area contributed by atoms with E-state index in [2.05, 4.69) is 12.2 Å². The molecule has 0 amide bonds. The molecule has 0 radical (unpaired) electrons. The third-order valence-corrected chi connectivity index (χ3v) is 3.66. The highest BCUT2D eigenvalue weighted by atomic mass is 19.1. The van der Waals surface area contributed by atoms with Gasteiger partial charge in [-0.2, -0.15) is 0 Å². The Balaban J connectivity index is 2.01. The molecule has 1 aliphatic rings. The first-order chi connectivity index (χ1) is 9.06. The number of rotatable bonds is 5. The predicted molar refractivity (Wildman–Crippen MR) is 76.0 cm³/mol. The first-order valence-corrected chi connectivity index (χ1v) is 7.28. The lowest BCUT2D eigenvalue weighted by Gasteiger charge is -2.20. The Bertz CT molecular complexity index is 413. The maximum atomic E-state index is 13.9. The molecule has 1 atom stereocenters. The highest BCUT2D eigenvalue weighted by molar-refractivity contribution is 5.31. The predicted octanol–water partition coefficient (Wildman–Crippen LogP) is 4.21. The Labute approximate surface area is 115 Å². The van der Waals surface area contributed by atoms with Crippen LogP contribution in [0.4, 0.5) is 4.39 Å². The smallest absolute Gasteiger partial charge is 0.165 e. The van der Waals surface area contributed by atoms with E-state index in [1.807, 2.05) is 19.9 Å². The van der Waals surface area contributed by atoms with Crippen molar-refractivity contribution in [2.75, 3.05) is 0 Å². The lowest BCUT2D eigenvalue weighted by Crippen LogP contribution is -2.28. The third-order valence-electron chi connectivity index (χ3n) is 3.66. The quantitative estimate of drug-likeness (QED) is 0.861. The molecule has 0 heterocycles. The largest absolute Gasteiger partial charge is 0.488 e. The second-order valence-corrected chi connectivity index (χ2v) is 5.73. The topological polar surface area (TPSA) is 21.3 Å². The van der Waals surface area contributed by atoms with E-state index in [0.29, 0.717) is 11.8 Å². The van der Waals surface area contributed by atoms with E-state index in [4.69, 9.17) is 4.74 Å². The normalized spacial score (nSPS) is 17.9. The molecule has 0 aliphatic heterocycles. The van der Waals surface area contributed by atoms with Crippen LogP contribution in [0.25, 0.3) is 0 Å². The fourth-order valence-electron chi connectivity index (χ4n) is 2.68. The van der Waals surface area contributed by atoms with E-state index >= 15 is 0 Å². The minimum Gasteiger partial charge on any atom is -0.488 e. The standard InChI is InChI=1S/C16H24FNO/c1-11(2)19-16-9-8-13(10-15(16)17)12(3)18-14-6-4-5-7-14/h8-12,14,18H,4-7H2,1-3H3/t12-/m0/s1. The van der Waals surface area contributed by atoms with E-state index in [1.54, 1.807) is 12.1 Å². The molecule has 3 heteroatoms. The molecule has 106 valence electrons. The Morgan fingerprint density at radius 1 is 1.21 bits per heavy atom. The van der Waals surface area contributed by atoms with Gasteiger partial charge in [-0.15, -0.1) is 0 Å². The summed E-state index contributed by atoms with van der Waals surface area (Å²) in [5, 5.41) is 3.58. The summed E-state index contributed by atoms with van der Waals surface area (Å²) in [7, 11) is 0. The first kappa shape index (κ1) is 14.3. The van der Waals surface area contributed by atoms with E-state index in [0.717, 1.165) is 5.56 Å². The molecule has 0 aromatic heterocycles. The van der Waals surface area contributed by atoms with Crippen molar-refractivity contribution in [1.82, 2.24) is 5.32 Å². The summed E-state index contributed by atoms with van der Waals surface area (Å²) in [6.45, 7) is 5.89. The van der Waals surface area contributed by atoms with Gasteiger partial charge in [0, 0.05) is 12.1 Å². The van der Waals surface area contributed by atoms with Crippen molar-refractivity contribution in [2.24, 2.45) is 0 Å².